The van der Waals surface area contributed by atoms with Crippen LogP contribution in [0.15, 0.2) is 48.7 Å². The summed E-state index contributed by atoms with van der Waals surface area (Å²) in [5.74, 6) is 2.81. The molecule has 0 unspecified atom stereocenters. The summed E-state index contributed by atoms with van der Waals surface area (Å²) >= 11 is 0. The van der Waals surface area contributed by atoms with E-state index in [9.17, 15) is 0 Å². The van der Waals surface area contributed by atoms with E-state index in [2.05, 4.69) is 81.7 Å². The molecule has 1 fully saturated rings. The Morgan fingerprint density at radius 2 is 1.82 bits per heavy atom. The van der Waals surface area contributed by atoms with E-state index >= 15 is 0 Å². The van der Waals surface area contributed by atoms with E-state index in [-0.39, 0.29) is 5.95 Å². The number of fused-ring (bicyclic) bond motifs is 2. The minimum atomic E-state index is 0.278. The van der Waals surface area contributed by atoms with Crippen LogP contribution in [-0.4, -0.2) is 65.2 Å². The van der Waals surface area contributed by atoms with Crippen molar-refractivity contribution in [1.29, 1.82) is 0 Å². The number of hydrogen-bond donors (Lipinski definition) is 4. The third-order valence-electron chi connectivity index (χ3n) is 7.44. The number of nitrogens with zero attached hydrogens (tertiary/aromatic N) is 4. The molecule has 9 heteroatoms. The van der Waals surface area contributed by atoms with Crippen molar-refractivity contribution in [2.24, 2.45) is 0 Å². The Bertz CT molecular complexity index is 1600. The molecule has 0 spiro atoms. The van der Waals surface area contributed by atoms with Crippen molar-refractivity contribution in [3.8, 4) is 5.75 Å². The molecule has 38 heavy (non-hydrogen) atoms. The van der Waals surface area contributed by atoms with Crippen molar-refractivity contribution >= 4 is 45.1 Å². The Kier molecular flexibility index (Phi) is 6.29. The highest BCUT2D eigenvalue weighted by atomic mass is 16.5. The smallest absolute Gasteiger partial charge is 0.223 e. The first kappa shape index (κ1) is 24.1. The van der Waals surface area contributed by atoms with Crippen LogP contribution in [0.2, 0.25) is 0 Å². The minimum Gasteiger partial charge on any atom is -0.497 e. The molecular weight excluding hydrogens is 476 g/mol. The molecule has 3 aromatic heterocycles. The molecule has 0 radical (unpaired) electrons. The maximum atomic E-state index is 6.28. The van der Waals surface area contributed by atoms with Crippen LogP contribution in [0, 0.1) is 6.92 Å². The second-order valence-electron chi connectivity index (χ2n) is 10.1. The predicted octanol–water partition coefficient (Wildman–Crippen LogP) is 4.62. The quantitative estimate of drug-likeness (QED) is 0.253. The SMILES string of the molecule is COc1ccc2[nH]cc(CCc3c(Nc4ccc5[nH]c(C)cc5c4)nc(N)nc3N3CCN(C)CC3)c2c1. The van der Waals surface area contributed by atoms with Gasteiger partial charge in [0.2, 0.25) is 5.95 Å². The van der Waals surface area contributed by atoms with Crippen LogP contribution in [0.3, 0.4) is 0 Å². The number of anilines is 4. The maximum absolute atomic E-state index is 6.28. The van der Waals surface area contributed by atoms with Gasteiger partial charge in [-0.05, 0) is 74.8 Å². The fraction of sp³-hybridized carbons (Fsp3) is 0.310. The second kappa shape index (κ2) is 9.90. The Balaban J connectivity index is 1.37. The summed E-state index contributed by atoms with van der Waals surface area (Å²) in [5, 5.41) is 5.91. The zero-order valence-corrected chi connectivity index (χ0v) is 22.1. The highest BCUT2D eigenvalue weighted by Crippen LogP contribution is 2.32. The first-order valence-corrected chi connectivity index (χ1v) is 13.1. The fourth-order valence-corrected chi connectivity index (χ4v) is 5.35. The number of aryl methyl sites for hydroxylation is 2. The number of nitrogen functional groups attached to an aromatic ring is 1. The maximum Gasteiger partial charge on any atom is 0.223 e. The zero-order valence-electron chi connectivity index (χ0n) is 22.1. The van der Waals surface area contributed by atoms with Crippen molar-refractivity contribution in [3.05, 3.63) is 65.5 Å². The zero-order chi connectivity index (χ0) is 26.2. The number of piperazine rings is 1. The summed E-state index contributed by atoms with van der Waals surface area (Å²) in [5.41, 5.74) is 12.9. The normalized spacial score (nSPS) is 14.4. The molecular formula is C29H34N8O. The number of rotatable bonds is 7. The molecule has 0 bridgehead atoms. The van der Waals surface area contributed by atoms with Gasteiger partial charge < -0.3 is 35.6 Å². The molecule has 6 rings (SSSR count). The van der Waals surface area contributed by atoms with E-state index < -0.39 is 0 Å². The molecule has 5 aromatic rings. The van der Waals surface area contributed by atoms with Crippen LogP contribution < -0.4 is 20.7 Å². The average Bonchev–Trinajstić information content (AvgIpc) is 3.49. The van der Waals surface area contributed by atoms with Gasteiger partial charge in [0.05, 0.1) is 7.11 Å². The van der Waals surface area contributed by atoms with Crippen LogP contribution in [0.25, 0.3) is 21.8 Å². The van der Waals surface area contributed by atoms with Crippen LogP contribution in [-0.2, 0) is 12.8 Å². The van der Waals surface area contributed by atoms with Crippen LogP contribution in [0.1, 0.15) is 16.8 Å². The van der Waals surface area contributed by atoms with Crippen LogP contribution in [0.4, 0.5) is 23.3 Å². The molecule has 4 heterocycles. The standard InChI is InChI=1S/C29H34N8O/c1-18-14-20-15-21(5-8-25(20)32-18)33-27-23(28(35-29(30)34-27)37-12-10-36(2)11-13-37)7-4-19-17-31-26-9-6-22(38-3)16-24(19)26/h5-6,8-9,14-17,31-32H,4,7,10-13H2,1-3H3,(H3,30,33,34,35). The summed E-state index contributed by atoms with van der Waals surface area (Å²) in [7, 11) is 3.86. The number of likely N-dealkylation sites (N-methyl/N-ethyl adjacent to an activating group) is 1. The molecule has 1 aliphatic rings. The summed E-state index contributed by atoms with van der Waals surface area (Å²) < 4.78 is 5.48. The van der Waals surface area contributed by atoms with Crippen molar-refractivity contribution < 1.29 is 4.74 Å². The summed E-state index contributed by atoms with van der Waals surface area (Å²) in [6, 6.07) is 14.6. The molecule has 9 nitrogen and oxygen atoms in total. The molecule has 5 N–H and O–H groups in total. The van der Waals surface area contributed by atoms with Gasteiger partial charge in [0.1, 0.15) is 17.4 Å². The molecule has 2 aromatic carbocycles. The Morgan fingerprint density at radius 1 is 1.00 bits per heavy atom. The summed E-state index contributed by atoms with van der Waals surface area (Å²) in [4.78, 5) is 20.9. The molecule has 0 aliphatic carbocycles. The van der Waals surface area contributed by atoms with Gasteiger partial charge in [-0.15, -0.1) is 0 Å². The van der Waals surface area contributed by atoms with Crippen LogP contribution >= 0.6 is 0 Å². The number of nitrogens with one attached hydrogen (secondary N) is 3. The Labute approximate surface area is 222 Å². The monoisotopic (exact) mass is 510 g/mol. The number of aromatic nitrogens is 4. The highest BCUT2D eigenvalue weighted by molar-refractivity contribution is 5.86. The van der Waals surface area contributed by atoms with Gasteiger partial charge in [0, 0.05) is 71.1 Å². The molecule has 0 saturated carbocycles. The van der Waals surface area contributed by atoms with Gasteiger partial charge in [-0.25, -0.2) is 0 Å². The number of aromatic amines is 2. The molecule has 0 amide bonds. The summed E-state index contributed by atoms with van der Waals surface area (Å²) in [6.45, 7) is 5.84. The van der Waals surface area contributed by atoms with Gasteiger partial charge >= 0.3 is 0 Å². The van der Waals surface area contributed by atoms with Crippen molar-refractivity contribution in [1.82, 2.24) is 24.8 Å². The van der Waals surface area contributed by atoms with E-state index in [0.717, 1.165) is 89.8 Å². The number of ether oxygens (including phenoxy) is 1. The molecule has 1 saturated heterocycles. The number of benzene rings is 2. The van der Waals surface area contributed by atoms with E-state index in [1.807, 2.05) is 6.07 Å². The van der Waals surface area contributed by atoms with E-state index in [1.54, 1.807) is 7.11 Å². The minimum absolute atomic E-state index is 0.278. The predicted molar refractivity (Wildman–Crippen MR) is 155 cm³/mol. The second-order valence-corrected chi connectivity index (χ2v) is 10.1. The van der Waals surface area contributed by atoms with Gasteiger partial charge in [-0.2, -0.15) is 9.97 Å². The molecule has 0 atom stereocenters. The lowest BCUT2D eigenvalue weighted by atomic mass is 10.0. The highest BCUT2D eigenvalue weighted by Gasteiger charge is 2.23. The first-order chi connectivity index (χ1) is 18.5. The Morgan fingerprint density at radius 3 is 2.63 bits per heavy atom. The average molecular weight is 511 g/mol. The van der Waals surface area contributed by atoms with Crippen LogP contribution in [0.5, 0.6) is 5.75 Å². The molecule has 1 aliphatic heterocycles. The van der Waals surface area contributed by atoms with Gasteiger partial charge in [-0.1, -0.05) is 0 Å². The van der Waals surface area contributed by atoms with E-state index in [4.69, 9.17) is 20.4 Å². The summed E-state index contributed by atoms with van der Waals surface area (Å²) in [6.07, 6.45) is 3.68. The van der Waals surface area contributed by atoms with Gasteiger partial charge in [-0.3, -0.25) is 0 Å². The lowest BCUT2D eigenvalue weighted by Crippen LogP contribution is -2.45. The number of methoxy groups -OCH3 is 1. The molecule has 196 valence electrons. The van der Waals surface area contributed by atoms with Gasteiger partial charge in [0.15, 0.2) is 0 Å². The lowest BCUT2D eigenvalue weighted by Gasteiger charge is -2.34. The number of nitrogens with two attached hydrogens (primary N) is 1. The largest absolute Gasteiger partial charge is 0.497 e. The lowest BCUT2D eigenvalue weighted by molar-refractivity contribution is 0.312. The van der Waals surface area contributed by atoms with Crippen molar-refractivity contribution in [2.75, 3.05) is 56.3 Å². The van der Waals surface area contributed by atoms with E-state index in [0.29, 0.717) is 0 Å². The van der Waals surface area contributed by atoms with Crippen molar-refractivity contribution in [3.63, 3.8) is 0 Å². The van der Waals surface area contributed by atoms with Crippen molar-refractivity contribution in [2.45, 2.75) is 19.8 Å². The van der Waals surface area contributed by atoms with Gasteiger partial charge in [0.25, 0.3) is 0 Å². The fourth-order valence-electron chi connectivity index (χ4n) is 5.35. The number of H-pyrrole nitrogens is 2. The Hall–Kier alpha value is -4.24. The topological polar surface area (TPSA) is 111 Å². The third kappa shape index (κ3) is 4.72. The third-order valence-corrected chi connectivity index (χ3v) is 7.44. The number of hydrogen-bond acceptors (Lipinski definition) is 7. The van der Waals surface area contributed by atoms with E-state index in [1.165, 1.54) is 10.9 Å². The first-order valence-electron chi connectivity index (χ1n) is 13.1.